The van der Waals surface area contributed by atoms with Gasteiger partial charge in [0.15, 0.2) is 0 Å². The monoisotopic (exact) mass is 196 g/mol. The Morgan fingerprint density at radius 3 is 2.86 bits per heavy atom. The van der Waals surface area contributed by atoms with Crippen molar-refractivity contribution in [3.05, 3.63) is 23.4 Å². The molecule has 0 amide bonds. The van der Waals surface area contributed by atoms with Gasteiger partial charge in [-0.2, -0.15) is 0 Å². The SMILES string of the molecule is Cc1[c]c(C)nc(OCC(O)CO)c1. The summed E-state index contributed by atoms with van der Waals surface area (Å²) >= 11 is 0. The van der Waals surface area contributed by atoms with E-state index in [1.807, 2.05) is 13.8 Å². The standard InChI is InChI=1S/C10H14NO3/c1-7-3-8(2)11-10(4-7)14-6-9(13)5-12/h4,9,12-13H,5-6H2,1-2H3. The zero-order valence-electron chi connectivity index (χ0n) is 8.32. The van der Waals surface area contributed by atoms with Crippen LogP contribution in [-0.2, 0) is 0 Å². The van der Waals surface area contributed by atoms with Crippen molar-refractivity contribution in [1.82, 2.24) is 4.98 Å². The van der Waals surface area contributed by atoms with Gasteiger partial charge in [0.2, 0.25) is 5.88 Å². The van der Waals surface area contributed by atoms with Crippen LogP contribution in [0.5, 0.6) is 5.88 Å². The molecule has 0 fully saturated rings. The van der Waals surface area contributed by atoms with Crippen molar-refractivity contribution in [2.75, 3.05) is 13.2 Å². The summed E-state index contributed by atoms with van der Waals surface area (Å²) in [6.07, 6.45) is -0.860. The lowest BCUT2D eigenvalue weighted by molar-refractivity contribution is 0.0520. The molecule has 1 aromatic rings. The van der Waals surface area contributed by atoms with Crippen molar-refractivity contribution >= 4 is 0 Å². The molecule has 0 saturated heterocycles. The molecule has 0 aliphatic heterocycles. The first-order valence-electron chi connectivity index (χ1n) is 4.41. The maximum atomic E-state index is 9.05. The molecular formula is C10H14NO3. The van der Waals surface area contributed by atoms with Crippen molar-refractivity contribution in [3.8, 4) is 5.88 Å². The second-order valence-corrected chi connectivity index (χ2v) is 3.14. The van der Waals surface area contributed by atoms with E-state index in [0.717, 1.165) is 11.3 Å². The topological polar surface area (TPSA) is 62.6 Å². The highest BCUT2D eigenvalue weighted by molar-refractivity contribution is 5.21. The minimum atomic E-state index is -0.860. The fourth-order valence-corrected chi connectivity index (χ4v) is 1.04. The van der Waals surface area contributed by atoms with Crippen molar-refractivity contribution in [1.29, 1.82) is 0 Å². The van der Waals surface area contributed by atoms with Crippen LogP contribution in [0.15, 0.2) is 6.07 Å². The average Bonchev–Trinajstić information content (AvgIpc) is 2.12. The lowest BCUT2D eigenvalue weighted by Crippen LogP contribution is -2.21. The van der Waals surface area contributed by atoms with E-state index < -0.39 is 6.10 Å². The zero-order chi connectivity index (χ0) is 10.6. The van der Waals surface area contributed by atoms with Crippen LogP contribution in [0.3, 0.4) is 0 Å². The van der Waals surface area contributed by atoms with Gasteiger partial charge in [-0.15, -0.1) is 0 Å². The third-order valence-electron chi connectivity index (χ3n) is 1.63. The van der Waals surface area contributed by atoms with Gasteiger partial charge in [0.1, 0.15) is 12.7 Å². The number of hydrogen-bond acceptors (Lipinski definition) is 4. The fraction of sp³-hybridized carbons (Fsp3) is 0.500. The maximum Gasteiger partial charge on any atom is 0.213 e. The fourth-order valence-electron chi connectivity index (χ4n) is 1.04. The Morgan fingerprint density at radius 1 is 1.57 bits per heavy atom. The van der Waals surface area contributed by atoms with Gasteiger partial charge in [-0.3, -0.25) is 0 Å². The van der Waals surface area contributed by atoms with Crippen LogP contribution in [0.25, 0.3) is 0 Å². The minimum absolute atomic E-state index is 0.0480. The molecule has 1 aromatic heterocycles. The molecule has 0 bridgehead atoms. The number of ether oxygens (including phenoxy) is 1. The lowest BCUT2D eigenvalue weighted by Gasteiger charge is -2.09. The van der Waals surface area contributed by atoms with Crippen LogP contribution < -0.4 is 4.74 Å². The van der Waals surface area contributed by atoms with Crippen molar-refractivity contribution in [3.63, 3.8) is 0 Å². The molecule has 1 unspecified atom stereocenters. The molecule has 1 radical (unpaired) electrons. The number of aliphatic hydroxyl groups is 2. The highest BCUT2D eigenvalue weighted by Gasteiger charge is 2.04. The van der Waals surface area contributed by atoms with E-state index in [-0.39, 0.29) is 13.2 Å². The summed E-state index contributed by atoms with van der Waals surface area (Å²) in [5, 5.41) is 17.6. The van der Waals surface area contributed by atoms with Gasteiger partial charge in [0, 0.05) is 17.8 Å². The normalized spacial score (nSPS) is 12.6. The van der Waals surface area contributed by atoms with Gasteiger partial charge in [-0.25, -0.2) is 4.98 Å². The van der Waals surface area contributed by atoms with E-state index in [9.17, 15) is 0 Å². The highest BCUT2D eigenvalue weighted by atomic mass is 16.5. The van der Waals surface area contributed by atoms with Crippen LogP contribution in [0.1, 0.15) is 11.3 Å². The summed E-state index contributed by atoms with van der Waals surface area (Å²) in [7, 11) is 0. The second kappa shape index (κ2) is 4.93. The van der Waals surface area contributed by atoms with E-state index in [1.54, 1.807) is 6.07 Å². The Kier molecular flexibility index (Phi) is 3.85. The zero-order valence-corrected chi connectivity index (χ0v) is 8.32. The third-order valence-corrected chi connectivity index (χ3v) is 1.63. The van der Waals surface area contributed by atoms with Gasteiger partial charge >= 0.3 is 0 Å². The van der Waals surface area contributed by atoms with Gasteiger partial charge in [0.05, 0.1) is 6.61 Å². The molecule has 4 nitrogen and oxygen atoms in total. The first kappa shape index (κ1) is 10.9. The molecule has 2 N–H and O–H groups in total. The smallest absolute Gasteiger partial charge is 0.213 e. The number of rotatable bonds is 4. The molecule has 0 saturated carbocycles. The Hall–Kier alpha value is -1.13. The molecule has 0 aliphatic carbocycles. The van der Waals surface area contributed by atoms with E-state index in [4.69, 9.17) is 14.9 Å². The Balaban J connectivity index is 2.58. The van der Waals surface area contributed by atoms with E-state index >= 15 is 0 Å². The number of nitrogens with zero attached hydrogens (tertiary/aromatic N) is 1. The molecular weight excluding hydrogens is 182 g/mol. The molecule has 0 spiro atoms. The molecule has 14 heavy (non-hydrogen) atoms. The molecule has 1 heterocycles. The summed E-state index contributed by atoms with van der Waals surface area (Å²) < 4.78 is 5.18. The summed E-state index contributed by atoms with van der Waals surface area (Å²) in [4.78, 5) is 4.07. The van der Waals surface area contributed by atoms with Gasteiger partial charge in [-0.1, -0.05) is 0 Å². The number of pyridine rings is 1. The number of hydrogen-bond donors (Lipinski definition) is 2. The van der Waals surface area contributed by atoms with E-state index in [1.165, 1.54) is 0 Å². The molecule has 1 rings (SSSR count). The van der Waals surface area contributed by atoms with Crippen LogP contribution in [-0.4, -0.2) is 34.5 Å². The van der Waals surface area contributed by atoms with Gasteiger partial charge < -0.3 is 14.9 Å². The van der Waals surface area contributed by atoms with Crippen molar-refractivity contribution in [2.24, 2.45) is 0 Å². The second-order valence-electron chi connectivity index (χ2n) is 3.14. The Labute approximate surface area is 83.2 Å². The predicted molar refractivity (Wildman–Crippen MR) is 51.1 cm³/mol. The van der Waals surface area contributed by atoms with E-state index in [2.05, 4.69) is 11.1 Å². The summed E-state index contributed by atoms with van der Waals surface area (Å²) in [5.74, 6) is 0.450. The number of aromatic nitrogens is 1. The molecule has 0 aliphatic rings. The van der Waals surface area contributed by atoms with Crippen molar-refractivity contribution in [2.45, 2.75) is 20.0 Å². The minimum Gasteiger partial charge on any atom is -0.475 e. The molecule has 1 atom stereocenters. The van der Waals surface area contributed by atoms with Crippen LogP contribution in [0.4, 0.5) is 0 Å². The first-order chi connectivity index (χ1) is 6.61. The molecule has 0 aromatic carbocycles. The van der Waals surface area contributed by atoms with Crippen LogP contribution in [0.2, 0.25) is 0 Å². The predicted octanol–water partition coefficient (Wildman–Crippen LogP) is 0.231. The summed E-state index contributed by atoms with van der Waals surface area (Å²) in [6.45, 7) is 3.45. The maximum absolute atomic E-state index is 9.05. The third kappa shape index (κ3) is 3.32. The Bertz CT molecular complexity index is 281. The number of aryl methyl sites for hydroxylation is 2. The van der Waals surface area contributed by atoms with Crippen LogP contribution in [0, 0.1) is 19.9 Å². The lowest BCUT2D eigenvalue weighted by atomic mass is 10.2. The quantitative estimate of drug-likeness (QED) is 0.723. The first-order valence-corrected chi connectivity index (χ1v) is 4.41. The summed E-state index contributed by atoms with van der Waals surface area (Å²) in [5.41, 5.74) is 1.68. The van der Waals surface area contributed by atoms with Crippen molar-refractivity contribution < 1.29 is 14.9 Å². The highest BCUT2D eigenvalue weighted by Crippen LogP contribution is 2.10. The Morgan fingerprint density at radius 2 is 2.29 bits per heavy atom. The number of aliphatic hydroxyl groups excluding tert-OH is 2. The van der Waals surface area contributed by atoms with Crippen LogP contribution >= 0.6 is 0 Å². The summed E-state index contributed by atoms with van der Waals surface area (Å²) in [6, 6.07) is 4.74. The average molecular weight is 196 g/mol. The van der Waals surface area contributed by atoms with Gasteiger partial charge in [0.25, 0.3) is 0 Å². The van der Waals surface area contributed by atoms with Gasteiger partial charge in [-0.05, 0) is 19.4 Å². The largest absolute Gasteiger partial charge is 0.475 e. The molecule has 4 heteroatoms. The molecule has 77 valence electrons. The van der Waals surface area contributed by atoms with E-state index in [0.29, 0.717) is 5.88 Å².